The van der Waals surface area contributed by atoms with Gasteiger partial charge in [-0.25, -0.2) is 18.0 Å². The molecule has 0 bridgehead atoms. The van der Waals surface area contributed by atoms with Gasteiger partial charge in [0, 0.05) is 40.4 Å². The van der Waals surface area contributed by atoms with E-state index in [2.05, 4.69) is 0 Å². The molecule has 0 amide bonds. The molecule has 2 aromatic heterocycles. The van der Waals surface area contributed by atoms with Crippen LogP contribution in [0.25, 0.3) is 27.0 Å². The van der Waals surface area contributed by atoms with Gasteiger partial charge in [-0.3, -0.25) is 0 Å². The minimum absolute atomic E-state index is 0.0603. The number of ether oxygens (including phenoxy) is 1. The maximum Gasteiger partial charge on any atom is 0.345 e. The molecule has 4 aromatic rings. The van der Waals surface area contributed by atoms with Crippen molar-refractivity contribution in [2.75, 3.05) is 13.7 Å². The molecule has 0 atom stereocenters. The van der Waals surface area contributed by atoms with Gasteiger partial charge in [0.1, 0.15) is 4.88 Å². The number of phenolic OH excluding ortho intramolecular Hbond substituents is 1. The number of aromatic nitrogens is 1. The molecule has 172 valence electrons. The van der Waals surface area contributed by atoms with Gasteiger partial charge in [-0.15, -0.1) is 11.3 Å². The van der Waals surface area contributed by atoms with E-state index in [1.807, 2.05) is 13.8 Å². The lowest BCUT2D eigenvalue weighted by molar-refractivity contribution is 0.0702. The number of carboxylic acids is 1. The summed E-state index contributed by atoms with van der Waals surface area (Å²) in [6.07, 6.45) is 0. The minimum atomic E-state index is -1.12. The van der Waals surface area contributed by atoms with E-state index in [0.717, 1.165) is 29.5 Å². The van der Waals surface area contributed by atoms with Gasteiger partial charge >= 0.3 is 5.97 Å². The number of fused-ring (bicyclic) bond motifs is 1. The molecule has 4 rings (SSSR count). The number of rotatable bonds is 6. The summed E-state index contributed by atoms with van der Waals surface area (Å²) < 4.78 is 49.4. The standard InChI is InChI=1S/C24H20F3NO4S/c1-24(2,11-32-3)22-20(17-8-9-18(33-17)23(30)31)19-16(7-6-14(26)21(19)29)28(22)12-4-5-13(25)15(27)10-12/h4-10,29H,11H2,1-3H3,(H,30,31). The van der Waals surface area contributed by atoms with Crippen LogP contribution in [0.2, 0.25) is 0 Å². The van der Waals surface area contributed by atoms with E-state index in [4.69, 9.17) is 4.74 Å². The number of benzene rings is 2. The zero-order valence-electron chi connectivity index (χ0n) is 17.9. The lowest BCUT2D eigenvalue weighted by atomic mass is 9.86. The van der Waals surface area contributed by atoms with Crippen LogP contribution in [0.5, 0.6) is 5.75 Å². The third-order valence-electron chi connectivity index (χ3n) is 5.43. The average Bonchev–Trinajstić information content (AvgIpc) is 3.36. The molecule has 0 radical (unpaired) electrons. The first-order chi connectivity index (χ1) is 15.6. The molecule has 0 unspecified atom stereocenters. The van der Waals surface area contributed by atoms with Gasteiger partial charge in [0.25, 0.3) is 0 Å². The molecule has 5 nitrogen and oxygen atoms in total. The van der Waals surface area contributed by atoms with Crippen LogP contribution < -0.4 is 0 Å². The second-order valence-electron chi connectivity index (χ2n) is 8.23. The molecular weight excluding hydrogens is 455 g/mol. The third kappa shape index (κ3) is 3.77. The SMILES string of the molecule is COCC(C)(C)c1c(-c2ccc(C(=O)O)s2)c2c(O)c(F)ccc2n1-c1ccc(F)c(F)c1. The van der Waals surface area contributed by atoms with Gasteiger partial charge in [0.2, 0.25) is 0 Å². The second kappa shape index (κ2) is 8.24. The fourth-order valence-corrected chi connectivity index (χ4v) is 5.03. The smallest absolute Gasteiger partial charge is 0.345 e. The van der Waals surface area contributed by atoms with Crippen LogP contribution in [0.3, 0.4) is 0 Å². The topological polar surface area (TPSA) is 71.7 Å². The van der Waals surface area contributed by atoms with E-state index in [0.29, 0.717) is 21.7 Å². The van der Waals surface area contributed by atoms with Crippen molar-refractivity contribution in [3.63, 3.8) is 0 Å². The molecule has 0 saturated heterocycles. The van der Waals surface area contributed by atoms with Crippen LogP contribution in [-0.2, 0) is 10.2 Å². The first-order valence-electron chi connectivity index (χ1n) is 9.91. The van der Waals surface area contributed by atoms with Gasteiger partial charge in [-0.05, 0) is 36.4 Å². The number of aromatic hydroxyl groups is 1. The molecular formula is C24H20F3NO4S. The summed E-state index contributed by atoms with van der Waals surface area (Å²) >= 11 is 0.965. The summed E-state index contributed by atoms with van der Waals surface area (Å²) in [6, 6.07) is 8.91. The number of hydrogen-bond acceptors (Lipinski definition) is 4. The number of hydrogen-bond donors (Lipinski definition) is 2. The van der Waals surface area contributed by atoms with Crippen LogP contribution in [0.15, 0.2) is 42.5 Å². The Hall–Kier alpha value is -3.30. The van der Waals surface area contributed by atoms with Crippen molar-refractivity contribution in [2.24, 2.45) is 0 Å². The highest BCUT2D eigenvalue weighted by atomic mass is 32.1. The Morgan fingerprint density at radius 3 is 2.36 bits per heavy atom. The second-order valence-corrected chi connectivity index (χ2v) is 9.32. The fourth-order valence-electron chi connectivity index (χ4n) is 4.13. The van der Waals surface area contributed by atoms with Gasteiger partial charge in [-0.1, -0.05) is 13.8 Å². The van der Waals surface area contributed by atoms with Crippen molar-refractivity contribution >= 4 is 28.2 Å². The number of aromatic carboxylic acids is 1. The maximum atomic E-state index is 14.5. The van der Waals surface area contributed by atoms with E-state index in [1.165, 1.54) is 25.3 Å². The molecule has 0 saturated carbocycles. The Labute approximate surface area is 191 Å². The maximum absolute atomic E-state index is 14.5. The highest BCUT2D eigenvalue weighted by Crippen LogP contribution is 2.48. The number of phenols is 1. The van der Waals surface area contributed by atoms with E-state index >= 15 is 0 Å². The van der Waals surface area contributed by atoms with Crippen LogP contribution in [-0.4, -0.2) is 34.5 Å². The summed E-state index contributed by atoms with van der Waals surface area (Å²) in [5, 5.41) is 20.3. The summed E-state index contributed by atoms with van der Waals surface area (Å²) in [6.45, 7) is 3.90. The zero-order chi connectivity index (χ0) is 24.1. The number of methoxy groups -OCH3 is 1. The molecule has 33 heavy (non-hydrogen) atoms. The summed E-state index contributed by atoms with van der Waals surface area (Å²) in [5.41, 5.74) is 0.741. The Kier molecular flexibility index (Phi) is 5.71. The van der Waals surface area contributed by atoms with Gasteiger partial charge in [0.15, 0.2) is 23.2 Å². The summed E-state index contributed by atoms with van der Waals surface area (Å²) in [7, 11) is 1.51. The van der Waals surface area contributed by atoms with E-state index in [-0.39, 0.29) is 22.6 Å². The number of thiophene rings is 1. The van der Waals surface area contributed by atoms with Gasteiger partial charge in [-0.2, -0.15) is 0 Å². The van der Waals surface area contributed by atoms with E-state index < -0.39 is 34.6 Å². The van der Waals surface area contributed by atoms with Gasteiger partial charge < -0.3 is 19.5 Å². The zero-order valence-corrected chi connectivity index (χ0v) is 18.8. The van der Waals surface area contributed by atoms with Crippen molar-refractivity contribution in [1.29, 1.82) is 0 Å². The van der Waals surface area contributed by atoms with Crippen LogP contribution >= 0.6 is 11.3 Å². The lowest BCUT2D eigenvalue weighted by Gasteiger charge is -2.28. The third-order valence-corrected chi connectivity index (χ3v) is 6.52. The van der Waals surface area contributed by atoms with Crippen molar-refractivity contribution < 1.29 is 32.9 Å². The highest BCUT2D eigenvalue weighted by molar-refractivity contribution is 7.17. The minimum Gasteiger partial charge on any atom is -0.504 e. The van der Waals surface area contributed by atoms with Crippen LogP contribution in [0, 0.1) is 17.5 Å². The molecule has 0 aliphatic carbocycles. The molecule has 2 heterocycles. The monoisotopic (exact) mass is 475 g/mol. The first-order valence-corrected chi connectivity index (χ1v) is 10.7. The van der Waals surface area contributed by atoms with Crippen LogP contribution in [0.1, 0.15) is 29.2 Å². The van der Waals surface area contributed by atoms with Gasteiger partial charge in [0.05, 0.1) is 17.5 Å². The predicted octanol–water partition coefficient (Wildman–Crippen LogP) is 6.10. The van der Waals surface area contributed by atoms with Crippen molar-refractivity contribution in [3.8, 4) is 21.9 Å². The Morgan fingerprint density at radius 2 is 1.76 bits per heavy atom. The Bertz CT molecular complexity index is 1390. The molecule has 2 aromatic carbocycles. The van der Waals surface area contributed by atoms with Crippen molar-refractivity contribution in [1.82, 2.24) is 4.57 Å². The van der Waals surface area contributed by atoms with Crippen LogP contribution in [0.4, 0.5) is 13.2 Å². The fraction of sp³-hybridized carbons (Fsp3) is 0.208. The molecule has 2 N–H and O–H groups in total. The van der Waals surface area contributed by atoms with E-state index in [1.54, 1.807) is 10.6 Å². The summed E-state index contributed by atoms with van der Waals surface area (Å²) in [4.78, 5) is 12.0. The molecule has 0 aliphatic rings. The quantitative estimate of drug-likeness (QED) is 0.353. The number of carbonyl (C=O) groups is 1. The average molecular weight is 475 g/mol. The number of carboxylic acid groups (broad SMARTS) is 1. The number of halogens is 3. The Morgan fingerprint density at radius 1 is 1.06 bits per heavy atom. The summed E-state index contributed by atoms with van der Waals surface area (Å²) in [5.74, 6) is -4.70. The normalized spacial score (nSPS) is 11.9. The molecule has 0 aliphatic heterocycles. The largest absolute Gasteiger partial charge is 0.504 e. The van der Waals surface area contributed by atoms with Crippen molar-refractivity contribution in [2.45, 2.75) is 19.3 Å². The Balaban J connectivity index is 2.21. The number of nitrogens with zero attached hydrogens (tertiary/aromatic N) is 1. The predicted molar refractivity (Wildman–Crippen MR) is 120 cm³/mol. The first kappa shape index (κ1) is 22.9. The lowest BCUT2D eigenvalue weighted by Crippen LogP contribution is -2.27. The van der Waals surface area contributed by atoms with E-state index in [9.17, 15) is 28.2 Å². The highest BCUT2D eigenvalue weighted by Gasteiger charge is 2.34. The molecule has 0 fully saturated rings. The molecule has 9 heteroatoms. The molecule has 0 spiro atoms. The van der Waals surface area contributed by atoms with Crippen molar-refractivity contribution in [3.05, 3.63) is 70.5 Å².